The van der Waals surface area contributed by atoms with Crippen LogP contribution >= 0.6 is 0 Å². The smallest absolute Gasteiger partial charge is 0.348 e. The van der Waals surface area contributed by atoms with Crippen molar-refractivity contribution in [1.29, 1.82) is 0 Å². The maximum Gasteiger partial charge on any atom is 0.348 e. The number of fused-ring (bicyclic) bond motifs is 2. The number of methoxy groups -OCH3 is 1. The van der Waals surface area contributed by atoms with Crippen molar-refractivity contribution in [3.05, 3.63) is 11.6 Å². The number of unbranched alkanes of at least 4 members (excludes halogenated alkanes) is 2. The Bertz CT molecular complexity index is 1080. The number of esters is 3. The van der Waals surface area contributed by atoms with E-state index >= 15 is 0 Å². The van der Waals surface area contributed by atoms with Crippen LogP contribution in [0.5, 0.6) is 0 Å². The summed E-state index contributed by atoms with van der Waals surface area (Å²) >= 11 is 0. The van der Waals surface area contributed by atoms with Gasteiger partial charge in [-0.05, 0) is 31.8 Å². The monoisotopic (exact) mass is 536 g/mol. The lowest BCUT2D eigenvalue weighted by Crippen LogP contribution is -2.80. The van der Waals surface area contributed by atoms with E-state index in [1.165, 1.54) is 6.08 Å². The molecule has 2 saturated heterocycles. The van der Waals surface area contributed by atoms with Crippen LogP contribution in [0.1, 0.15) is 52.9 Å². The van der Waals surface area contributed by atoms with E-state index in [9.17, 15) is 34.5 Å². The van der Waals surface area contributed by atoms with Crippen molar-refractivity contribution in [3.8, 4) is 0 Å². The molecule has 5 rings (SSSR count). The fourth-order valence-corrected chi connectivity index (χ4v) is 8.53. The third-order valence-electron chi connectivity index (χ3n) is 10.1. The van der Waals surface area contributed by atoms with Gasteiger partial charge >= 0.3 is 17.9 Å². The summed E-state index contributed by atoms with van der Waals surface area (Å²) in [6.07, 6.45) is -3.86. The first-order chi connectivity index (χ1) is 17.9. The van der Waals surface area contributed by atoms with E-state index in [0.29, 0.717) is 12.0 Å². The number of hydrogen-bond donors (Lipinski definition) is 3. The van der Waals surface area contributed by atoms with Crippen LogP contribution < -0.4 is 0 Å². The molecule has 11 nitrogen and oxygen atoms in total. The van der Waals surface area contributed by atoms with Crippen LogP contribution in [0.25, 0.3) is 0 Å². The van der Waals surface area contributed by atoms with E-state index in [-0.39, 0.29) is 19.4 Å². The molecule has 0 aromatic rings. The molecule has 2 heterocycles. The second-order valence-electron chi connectivity index (χ2n) is 11.7. The van der Waals surface area contributed by atoms with E-state index in [0.717, 1.165) is 20.0 Å². The molecule has 2 bridgehead atoms. The van der Waals surface area contributed by atoms with Gasteiger partial charge in [-0.15, -0.1) is 0 Å². The number of aliphatic hydroxyl groups excluding tert-OH is 3. The molecule has 11 atom stereocenters. The van der Waals surface area contributed by atoms with Crippen molar-refractivity contribution in [2.45, 2.75) is 89.0 Å². The molecule has 0 amide bonds. The molecule has 0 aromatic heterocycles. The number of carbonyl (C=O) groups is 4. The van der Waals surface area contributed by atoms with Crippen LogP contribution in [0, 0.1) is 28.6 Å². The highest BCUT2D eigenvalue weighted by Gasteiger charge is 2.85. The standard InChI is InChI=1S/C27H36O11/c1-5-6-7-8-16(29)38-18-20-26-11-36-27(20,24(34)35-4)22(32)17(30)19(26)25(3)13(10-15(26)37-23(18)33)12(2)9-14(28)21(25)31/h9,13,15,17-22,30-32H,5-8,10-11H2,1-4H3/t13-,15+,17+,18+,19+,20+,21+,22-,25-,26+,27-/m0/s1. The molecule has 3 aliphatic carbocycles. The quantitative estimate of drug-likeness (QED) is 0.241. The summed E-state index contributed by atoms with van der Waals surface area (Å²) in [4.78, 5) is 52.4. The Morgan fingerprint density at radius 3 is 2.53 bits per heavy atom. The minimum absolute atomic E-state index is 0.0401. The Kier molecular flexibility index (Phi) is 6.53. The predicted molar refractivity (Wildman–Crippen MR) is 127 cm³/mol. The van der Waals surface area contributed by atoms with Crippen molar-refractivity contribution in [3.63, 3.8) is 0 Å². The molecular weight excluding hydrogens is 500 g/mol. The van der Waals surface area contributed by atoms with Crippen LogP contribution in [-0.4, -0.2) is 88.8 Å². The maximum atomic E-state index is 13.4. The Morgan fingerprint density at radius 1 is 1.16 bits per heavy atom. The van der Waals surface area contributed by atoms with Gasteiger partial charge < -0.3 is 34.3 Å². The molecule has 0 radical (unpaired) electrons. The average Bonchev–Trinajstić information content (AvgIpc) is 3.18. The first kappa shape index (κ1) is 27.2. The zero-order chi connectivity index (χ0) is 27.8. The van der Waals surface area contributed by atoms with Gasteiger partial charge in [0.2, 0.25) is 11.7 Å². The summed E-state index contributed by atoms with van der Waals surface area (Å²) in [6, 6.07) is 0. The molecule has 1 spiro atoms. The predicted octanol–water partition coefficient (Wildman–Crippen LogP) is 0.216. The number of ether oxygens (including phenoxy) is 4. The molecule has 2 saturated carbocycles. The number of ketones is 1. The topological polar surface area (TPSA) is 166 Å². The Labute approximate surface area is 220 Å². The second kappa shape index (κ2) is 9.11. The highest BCUT2D eigenvalue weighted by molar-refractivity contribution is 5.96. The lowest BCUT2D eigenvalue weighted by atomic mass is 9.38. The van der Waals surface area contributed by atoms with Crippen molar-refractivity contribution in [2.75, 3.05) is 13.7 Å². The summed E-state index contributed by atoms with van der Waals surface area (Å²) < 4.78 is 22.6. The first-order valence-corrected chi connectivity index (χ1v) is 13.3. The van der Waals surface area contributed by atoms with Crippen molar-refractivity contribution >= 4 is 23.7 Å². The second-order valence-corrected chi connectivity index (χ2v) is 11.7. The van der Waals surface area contributed by atoms with Crippen LogP contribution in [0.4, 0.5) is 0 Å². The number of hydrogen-bond acceptors (Lipinski definition) is 11. The fourth-order valence-electron chi connectivity index (χ4n) is 8.53. The van der Waals surface area contributed by atoms with Gasteiger partial charge in [0.05, 0.1) is 25.7 Å². The number of aliphatic hydroxyl groups is 3. The molecule has 210 valence electrons. The van der Waals surface area contributed by atoms with Gasteiger partial charge in [0.15, 0.2) is 5.78 Å². The summed E-state index contributed by atoms with van der Waals surface area (Å²) in [7, 11) is 1.09. The van der Waals surface area contributed by atoms with Crippen molar-refractivity contribution in [1.82, 2.24) is 0 Å². The molecule has 5 aliphatic rings. The third-order valence-corrected chi connectivity index (χ3v) is 10.1. The Morgan fingerprint density at radius 2 is 1.87 bits per heavy atom. The normalized spacial score (nSPS) is 46.9. The van der Waals surface area contributed by atoms with Crippen LogP contribution in [0.2, 0.25) is 0 Å². The van der Waals surface area contributed by atoms with Crippen LogP contribution in [-0.2, 0) is 38.1 Å². The molecule has 4 fully saturated rings. The fraction of sp³-hybridized carbons (Fsp3) is 0.778. The summed E-state index contributed by atoms with van der Waals surface area (Å²) in [5, 5.41) is 34.5. The van der Waals surface area contributed by atoms with Crippen LogP contribution in [0.15, 0.2) is 11.6 Å². The van der Waals surface area contributed by atoms with Crippen molar-refractivity contribution < 1.29 is 53.4 Å². The minimum Gasteiger partial charge on any atom is -0.467 e. The van der Waals surface area contributed by atoms with Crippen molar-refractivity contribution in [2.24, 2.45) is 28.6 Å². The lowest BCUT2D eigenvalue weighted by Gasteiger charge is -2.67. The molecule has 38 heavy (non-hydrogen) atoms. The molecule has 0 aromatic carbocycles. The summed E-state index contributed by atoms with van der Waals surface area (Å²) in [5.74, 6) is -5.92. The van der Waals surface area contributed by atoms with E-state index in [1.54, 1.807) is 13.8 Å². The highest BCUT2D eigenvalue weighted by atomic mass is 16.6. The number of carbonyl (C=O) groups excluding carboxylic acids is 4. The van der Waals surface area contributed by atoms with Gasteiger partial charge in [-0.3, -0.25) is 9.59 Å². The number of allylic oxidation sites excluding steroid dienone is 1. The zero-order valence-corrected chi connectivity index (χ0v) is 22.0. The van der Waals surface area contributed by atoms with E-state index in [2.05, 4.69) is 0 Å². The molecule has 11 heteroatoms. The van der Waals surface area contributed by atoms with E-state index in [4.69, 9.17) is 18.9 Å². The zero-order valence-electron chi connectivity index (χ0n) is 22.0. The largest absolute Gasteiger partial charge is 0.467 e. The van der Waals surface area contributed by atoms with E-state index in [1.807, 2.05) is 6.92 Å². The molecule has 3 N–H and O–H groups in total. The molecule has 0 unspecified atom stereocenters. The van der Waals surface area contributed by atoms with Gasteiger partial charge in [0, 0.05) is 23.2 Å². The number of rotatable bonds is 6. The Hall–Kier alpha value is -2.34. The minimum atomic E-state index is -2.23. The molecular formula is C27H36O11. The van der Waals surface area contributed by atoms with Gasteiger partial charge in [-0.2, -0.15) is 0 Å². The maximum absolute atomic E-state index is 13.4. The Balaban J connectivity index is 1.68. The average molecular weight is 537 g/mol. The highest BCUT2D eigenvalue weighted by Crippen LogP contribution is 2.72. The van der Waals surface area contributed by atoms with Crippen LogP contribution in [0.3, 0.4) is 0 Å². The lowest BCUT2D eigenvalue weighted by molar-refractivity contribution is -0.298. The summed E-state index contributed by atoms with van der Waals surface area (Å²) in [6.45, 7) is 5.14. The van der Waals surface area contributed by atoms with Gasteiger partial charge in [0.1, 0.15) is 18.3 Å². The third kappa shape index (κ3) is 3.22. The molecule has 2 aliphatic heterocycles. The van der Waals surface area contributed by atoms with Gasteiger partial charge in [0.25, 0.3) is 0 Å². The van der Waals surface area contributed by atoms with Gasteiger partial charge in [-0.25, -0.2) is 9.59 Å². The summed E-state index contributed by atoms with van der Waals surface area (Å²) in [5.41, 5.74) is -4.24. The first-order valence-electron chi connectivity index (χ1n) is 13.3. The van der Waals surface area contributed by atoms with E-state index < -0.39 is 88.4 Å². The SMILES string of the molecule is CCCCCC(=O)O[C@H]1C(=O)O[C@@H]2C[C@H]3C(C)=CC(=O)[C@@H](O)[C@]3(C)[C@H]3[C@@H](O)[C@H](O)[C@@]4(C(=O)OC)OC[C@]32[C@@H]14. The van der Waals surface area contributed by atoms with Gasteiger partial charge in [-0.1, -0.05) is 32.3 Å².